The maximum atomic E-state index is 12.9. The lowest BCUT2D eigenvalue weighted by Crippen LogP contribution is -2.16. The molecule has 0 unspecified atom stereocenters. The van der Waals surface area contributed by atoms with Crippen molar-refractivity contribution in [1.82, 2.24) is 5.16 Å². The zero-order chi connectivity index (χ0) is 22.0. The highest BCUT2D eigenvalue weighted by Gasteiger charge is 2.30. The third-order valence-electron chi connectivity index (χ3n) is 4.00. The summed E-state index contributed by atoms with van der Waals surface area (Å²) < 4.78 is 15.2. The van der Waals surface area contributed by atoms with Gasteiger partial charge in [-0.05, 0) is 24.3 Å². The molecule has 0 aliphatic rings. The molecule has 1 aromatic heterocycles. The minimum Gasteiger partial charge on any atom is -0.494 e. The zero-order valence-electron chi connectivity index (χ0n) is 15.4. The summed E-state index contributed by atoms with van der Waals surface area (Å²) in [5, 5.41) is 6.97. The van der Waals surface area contributed by atoms with Gasteiger partial charge >= 0.3 is 5.97 Å². The van der Waals surface area contributed by atoms with Crippen LogP contribution in [0.1, 0.15) is 20.7 Å². The largest absolute Gasteiger partial charge is 0.494 e. The lowest BCUT2D eigenvalue weighted by Gasteiger charge is -2.11. The van der Waals surface area contributed by atoms with Crippen molar-refractivity contribution in [3.63, 3.8) is 0 Å². The molecular formula is C19H12Cl4N2O5. The van der Waals surface area contributed by atoms with Gasteiger partial charge in [-0.2, -0.15) is 0 Å². The molecule has 0 aliphatic carbocycles. The molecular weight excluding hydrogens is 478 g/mol. The fourth-order valence-corrected chi connectivity index (χ4v) is 3.72. The third kappa shape index (κ3) is 4.06. The molecule has 30 heavy (non-hydrogen) atoms. The van der Waals surface area contributed by atoms with Crippen LogP contribution >= 0.6 is 46.4 Å². The van der Waals surface area contributed by atoms with Gasteiger partial charge in [0.05, 0.1) is 34.3 Å². The SMILES string of the molecule is COC(=O)c1c(-c2c(Cl)cccc2Cl)noc1NC(=O)c1c(Cl)ccc(Cl)c1OC. The number of nitrogens with zero attached hydrogens (tertiary/aromatic N) is 1. The average molecular weight is 490 g/mol. The zero-order valence-corrected chi connectivity index (χ0v) is 18.4. The summed E-state index contributed by atoms with van der Waals surface area (Å²) in [5.41, 5.74) is -0.00469. The molecule has 1 N–H and O–H groups in total. The van der Waals surface area contributed by atoms with Crippen molar-refractivity contribution in [2.24, 2.45) is 0 Å². The minimum atomic E-state index is -0.832. The van der Waals surface area contributed by atoms with Gasteiger partial charge in [-0.1, -0.05) is 57.6 Å². The van der Waals surface area contributed by atoms with Crippen LogP contribution in [0.4, 0.5) is 5.88 Å². The molecule has 0 spiro atoms. The van der Waals surface area contributed by atoms with E-state index in [2.05, 4.69) is 10.5 Å². The van der Waals surface area contributed by atoms with E-state index >= 15 is 0 Å². The van der Waals surface area contributed by atoms with Gasteiger partial charge in [0.1, 0.15) is 11.3 Å². The Morgan fingerprint density at radius 2 is 1.57 bits per heavy atom. The predicted octanol–water partition coefficient (Wildman–Crippen LogP) is 6.00. The van der Waals surface area contributed by atoms with E-state index in [0.29, 0.717) is 0 Å². The van der Waals surface area contributed by atoms with Crippen molar-refractivity contribution in [3.05, 3.63) is 61.5 Å². The van der Waals surface area contributed by atoms with Crippen molar-refractivity contribution in [1.29, 1.82) is 0 Å². The quantitative estimate of drug-likeness (QED) is 0.442. The minimum absolute atomic E-state index is 0.00286. The van der Waals surface area contributed by atoms with E-state index in [0.717, 1.165) is 7.11 Å². The van der Waals surface area contributed by atoms with Gasteiger partial charge < -0.3 is 14.0 Å². The number of methoxy groups -OCH3 is 2. The molecule has 0 saturated carbocycles. The summed E-state index contributed by atoms with van der Waals surface area (Å²) in [6, 6.07) is 7.66. The first kappa shape index (κ1) is 22.2. The molecule has 1 heterocycles. The fraction of sp³-hybridized carbons (Fsp3) is 0.105. The van der Waals surface area contributed by atoms with Crippen LogP contribution in [0.15, 0.2) is 34.9 Å². The Morgan fingerprint density at radius 1 is 0.933 bits per heavy atom. The van der Waals surface area contributed by atoms with Crippen LogP contribution < -0.4 is 10.1 Å². The highest BCUT2D eigenvalue weighted by Crippen LogP contribution is 2.39. The number of nitrogens with one attached hydrogen (secondary N) is 1. The molecule has 0 radical (unpaired) electrons. The first-order chi connectivity index (χ1) is 14.3. The normalized spacial score (nSPS) is 10.6. The maximum Gasteiger partial charge on any atom is 0.345 e. The Hall–Kier alpha value is -2.45. The topological polar surface area (TPSA) is 90.7 Å². The molecule has 3 aromatic rings. The van der Waals surface area contributed by atoms with E-state index in [1.807, 2.05) is 0 Å². The number of ether oxygens (including phenoxy) is 2. The molecule has 0 aliphatic heterocycles. The van der Waals surface area contributed by atoms with Gasteiger partial charge in [0.15, 0.2) is 11.3 Å². The Morgan fingerprint density at radius 3 is 2.17 bits per heavy atom. The second kappa shape index (κ2) is 9.14. The Labute approximate surface area is 190 Å². The maximum absolute atomic E-state index is 12.9. The molecule has 0 bridgehead atoms. The standard InChI is InChI=1S/C19H12Cl4N2O5/c1-28-16-11(23)7-6-10(22)13(16)17(26)24-18-14(19(27)29-2)15(25-30-18)12-8(20)4-3-5-9(12)21/h3-7H,1-2H3,(H,24,26). The monoisotopic (exact) mass is 488 g/mol. The van der Waals surface area contributed by atoms with Crippen molar-refractivity contribution in [2.75, 3.05) is 19.5 Å². The lowest BCUT2D eigenvalue weighted by molar-refractivity contribution is 0.0602. The van der Waals surface area contributed by atoms with Crippen molar-refractivity contribution in [3.8, 4) is 17.0 Å². The van der Waals surface area contributed by atoms with Gasteiger partial charge in [0.2, 0.25) is 5.88 Å². The van der Waals surface area contributed by atoms with Crippen molar-refractivity contribution < 1.29 is 23.6 Å². The van der Waals surface area contributed by atoms with Crippen LogP contribution in [-0.4, -0.2) is 31.3 Å². The number of halogens is 4. The predicted molar refractivity (Wildman–Crippen MR) is 114 cm³/mol. The Kier molecular flexibility index (Phi) is 6.77. The smallest absolute Gasteiger partial charge is 0.345 e. The number of aromatic nitrogens is 1. The van der Waals surface area contributed by atoms with Gasteiger partial charge in [-0.25, -0.2) is 4.79 Å². The number of hydrogen-bond acceptors (Lipinski definition) is 6. The number of benzene rings is 2. The molecule has 0 fully saturated rings. The van der Waals surface area contributed by atoms with Crippen molar-refractivity contribution >= 4 is 64.2 Å². The number of anilines is 1. The van der Waals surface area contributed by atoms with E-state index in [4.69, 9.17) is 60.4 Å². The second-order valence-electron chi connectivity index (χ2n) is 5.72. The summed E-state index contributed by atoms with van der Waals surface area (Å²) in [7, 11) is 2.50. The molecule has 7 nitrogen and oxygen atoms in total. The number of hydrogen-bond donors (Lipinski definition) is 1. The molecule has 3 rings (SSSR count). The van der Waals surface area contributed by atoms with Gasteiger partial charge in [-0.15, -0.1) is 0 Å². The van der Waals surface area contributed by atoms with Gasteiger partial charge in [-0.3, -0.25) is 10.1 Å². The van der Waals surface area contributed by atoms with Crippen LogP contribution in [-0.2, 0) is 4.74 Å². The van der Waals surface area contributed by atoms with E-state index < -0.39 is 11.9 Å². The van der Waals surface area contributed by atoms with Crippen LogP contribution in [0.3, 0.4) is 0 Å². The van der Waals surface area contributed by atoms with Crippen LogP contribution in [0, 0.1) is 0 Å². The number of amides is 1. The van der Waals surface area contributed by atoms with Gasteiger partial charge in [0.25, 0.3) is 5.91 Å². The summed E-state index contributed by atoms with van der Waals surface area (Å²) in [5.74, 6) is -1.83. The first-order valence-corrected chi connectivity index (χ1v) is 9.67. The fourth-order valence-electron chi connectivity index (χ4n) is 2.67. The van der Waals surface area contributed by atoms with Crippen molar-refractivity contribution in [2.45, 2.75) is 0 Å². The molecule has 156 valence electrons. The number of esters is 1. The summed E-state index contributed by atoms with van der Waals surface area (Å²) in [6.07, 6.45) is 0. The molecule has 0 saturated heterocycles. The molecule has 1 amide bonds. The number of carbonyl (C=O) groups excluding carboxylic acids is 2. The van der Waals surface area contributed by atoms with Crippen LogP contribution in [0.25, 0.3) is 11.3 Å². The summed E-state index contributed by atoms with van der Waals surface area (Å²) in [6.45, 7) is 0. The molecule has 0 atom stereocenters. The third-order valence-corrected chi connectivity index (χ3v) is 5.24. The van der Waals surface area contributed by atoms with E-state index in [9.17, 15) is 9.59 Å². The number of carbonyl (C=O) groups is 2. The van der Waals surface area contributed by atoms with E-state index in [1.165, 1.54) is 19.2 Å². The Balaban J connectivity index is 2.11. The summed E-state index contributed by atoms with van der Waals surface area (Å²) >= 11 is 24.6. The second-order valence-corrected chi connectivity index (χ2v) is 7.34. The lowest BCUT2D eigenvalue weighted by atomic mass is 10.1. The summed E-state index contributed by atoms with van der Waals surface area (Å²) in [4.78, 5) is 25.3. The Bertz CT molecular complexity index is 1130. The molecule has 11 heteroatoms. The van der Waals surface area contributed by atoms with Gasteiger partial charge in [0, 0.05) is 5.56 Å². The molecule has 2 aromatic carbocycles. The van der Waals surface area contributed by atoms with Crippen LogP contribution in [0.5, 0.6) is 5.75 Å². The van der Waals surface area contributed by atoms with E-state index in [1.54, 1.807) is 18.2 Å². The van der Waals surface area contributed by atoms with Crippen LogP contribution in [0.2, 0.25) is 20.1 Å². The van der Waals surface area contributed by atoms with E-state index in [-0.39, 0.29) is 54.1 Å². The number of rotatable bonds is 5. The highest BCUT2D eigenvalue weighted by molar-refractivity contribution is 6.39. The highest BCUT2D eigenvalue weighted by atomic mass is 35.5. The average Bonchev–Trinajstić information content (AvgIpc) is 3.11. The first-order valence-electron chi connectivity index (χ1n) is 8.15.